The Morgan fingerprint density at radius 3 is 2.49 bits per heavy atom. The van der Waals surface area contributed by atoms with Crippen LogP contribution in [0.5, 0.6) is 11.5 Å². The van der Waals surface area contributed by atoms with Crippen molar-refractivity contribution in [2.75, 3.05) is 23.0 Å². The third kappa shape index (κ3) is 2.98. The van der Waals surface area contributed by atoms with Gasteiger partial charge in [0.25, 0.3) is 11.7 Å². The van der Waals surface area contributed by atoms with E-state index >= 15 is 0 Å². The van der Waals surface area contributed by atoms with Crippen LogP contribution in [0.1, 0.15) is 30.0 Å². The number of ether oxygens (including phenoxy) is 1. The Labute approximate surface area is 213 Å². The summed E-state index contributed by atoms with van der Waals surface area (Å²) in [5.74, 6) is -2.66. The molecule has 0 radical (unpaired) electrons. The first-order valence-corrected chi connectivity index (χ1v) is 12.2. The van der Waals surface area contributed by atoms with Gasteiger partial charge in [-0.2, -0.15) is 0 Å². The Morgan fingerprint density at radius 2 is 1.76 bits per heavy atom. The van der Waals surface area contributed by atoms with Crippen molar-refractivity contribution in [1.82, 2.24) is 0 Å². The van der Waals surface area contributed by atoms with Crippen molar-refractivity contribution in [3.8, 4) is 11.5 Å². The quantitative estimate of drug-likeness (QED) is 0.323. The Kier molecular flexibility index (Phi) is 5.08. The molecule has 1 fully saturated rings. The van der Waals surface area contributed by atoms with Gasteiger partial charge in [-0.1, -0.05) is 30.3 Å². The number of nitrogens with zero attached hydrogens (tertiary/aromatic N) is 2. The maximum Gasteiger partial charge on any atom is 0.300 e. The van der Waals surface area contributed by atoms with Gasteiger partial charge in [0.15, 0.2) is 5.54 Å². The molecule has 2 N–H and O–H groups in total. The molecule has 37 heavy (non-hydrogen) atoms. The number of para-hydroxylation sites is 3. The first-order valence-electron chi connectivity index (χ1n) is 12.2. The summed E-state index contributed by atoms with van der Waals surface area (Å²) < 4.78 is 5.48. The molecule has 3 aliphatic rings. The SMILES string of the molecule is CCOc1ccc(/C(O)=C2\C(=O)C(=O)N(c3ccccc3O)C23C(=O)N2CCCc4cccc3c42)cc1. The second kappa shape index (κ2) is 8.23. The molecule has 0 aliphatic carbocycles. The van der Waals surface area contributed by atoms with Crippen molar-refractivity contribution in [2.24, 2.45) is 0 Å². The third-order valence-electron chi connectivity index (χ3n) is 7.28. The number of phenols is 1. The van der Waals surface area contributed by atoms with Gasteiger partial charge in [-0.05, 0) is 61.7 Å². The summed E-state index contributed by atoms with van der Waals surface area (Å²) in [5.41, 5.74) is 0.00255. The van der Waals surface area contributed by atoms with E-state index in [4.69, 9.17) is 4.74 Å². The fraction of sp³-hybridized carbons (Fsp3) is 0.207. The van der Waals surface area contributed by atoms with E-state index in [9.17, 15) is 24.6 Å². The molecule has 2 amide bonds. The average molecular weight is 497 g/mol. The van der Waals surface area contributed by atoms with Crippen molar-refractivity contribution in [2.45, 2.75) is 25.3 Å². The van der Waals surface area contributed by atoms with Crippen molar-refractivity contribution < 1.29 is 29.3 Å². The Bertz CT molecular complexity index is 1510. The summed E-state index contributed by atoms with van der Waals surface area (Å²) in [5, 5.41) is 22.3. The molecule has 3 heterocycles. The van der Waals surface area contributed by atoms with Crippen molar-refractivity contribution in [3.05, 3.63) is 89.0 Å². The van der Waals surface area contributed by atoms with E-state index in [0.717, 1.165) is 23.3 Å². The lowest BCUT2D eigenvalue weighted by molar-refractivity contribution is -0.132. The van der Waals surface area contributed by atoms with Gasteiger partial charge in [-0.25, -0.2) is 0 Å². The molecule has 8 nitrogen and oxygen atoms in total. The van der Waals surface area contributed by atoms with Gasteiger partial charge in [0.1, 0.15) is 17.3 Å². The van der Waals surface area contributed by atoms with Crippen LogP contribution in [-0.2, 0) is 26.3 Å². The van der Waals surface area contributed by atoms with Crippen molar-refractivity contribution in [3.63, 3.8) is 0 Å². The number of hydrogen-bond acceptors (Lipinski definition) is 6. The van der Waals surface area contributed by atoms with Crippen LogP contribution in [0.25, 0.3) is 5.76 Å². The number of aryl methyl sites for hydroxylation is 1. The Balaban J connectivity index is 1.69. The normalized spacial score (nSPS) is 21.6. The van der Waals surface area contributed by atoms with Gasteiger partial charge < -0.3 is 19.8 Å². The molecule has 0 aromatic heterocycles. The van der Waals surface area contributed by atoms with Crippen molar-refractivity contribution in [1.29, 1.82) is 0 Å². The zero-order valence-corrected chi connectivity index (χ0v) is 20.1. The zero-order chi connectivity index (χ0) is 25.9. The lowest BCUT2D eigenvalue weighted by atomic mass is 9.81. The summed E-state index contributed by atoms with van der Waals surface area (Å²) in [6, 6.07) is 18.0. The van der Waals surface area contributed by atoms with E-state index in [1.54, 1.807) is 53.4 Å². The number of carbonyl (C=O) groups excluding carboxylic acids is 3. The van der Waals surface area contributed by atoms with Crippen LogP contribution < -0.4 is 14.5 Å². The molecule has 3 aliphatic heterocycles. The summed E-state index contributed by atoms with van der Waals surface area (Å²) >= 11 is 0. The molecule has 3 aromatic carbocycles. The maximum atomic E-state index is 14.4. The van der Waals surface area contributed by atoms with Crippen molar-refractivity contribution >= 4 is 34.7 Å². The number of ketones is 1. The molecule has 0 saturated carbocycles. The fourth-order valence-electron chi connectivity index (χ4n) is 5.79. The van der Waals surface area contributed by atoms with E-state index < -0.39 is 28.9 Å². The van der Waals surface area contributed by atoms with E-state index in [0.29, 0.717) is 30.2 Å². The van der Waals surface area contributed by atoms with Gasteiger partial charge in [-0.15, -0.1) is 0 Å². The predicted octanol–water partition coefficient (Wildman–Crippen LogP) is 3.86. The number of phenolic OH excluding ortho intramolecular Hbond substituents is 1. The van der Waals surface area contributed by atoms with Crippen LogP contribution in [-0.4, -0.2) is 41.0 Å². The van der Waals surface area contributed by atoms with E-state index in [1.165, 1.54) is 12.1 Å². The standard InChI is InChI=1S/C29H24N2O6/c1-2-37-19-14-12-18(13-15-19)25(33)23-26(34)27(35)31(21-10-3-4-11-22(21)32)29(23)20-9-5-7-17-8-6-16-30(24(17)20)28(29)36/h3-5,7,9-15,32-33H,2,6,8,16H2,1H3/b25-23-. The number of benzene rings is 3. The number of anilines is 2. The minimum Gasteiger partial charge on any atom is -0.507 e. The largest absolute Gasteiger partial charge is 0.507 e. The summed E-state index contributed by atoms with van der Waals surface area (Å²) in [6.07, 6.45) is 1.46. The molecular formula is C29H24N2O6. The molecular weight excluding hydrogens is 472 g/mol. The molecule has 3 aromatic rings. The van der Waals surface area contributed by atoms with E-state index in [1.807, 2.05) is 13.0 Å². The first-order chi connectivity index (χ1) is 17.9. The second-order valence-corrected chi connectivity index (χ2v) is 9.22. The lowest BCUT2D eigenvalue weighted by Gasteiger charge is -2.34. The minimum absolute atomic E-state index is 0.0149. The molecule has 1 atom stereocenters. The van der Waals surface area contributed by atoms with Crippen LogP contribution in [0.3, 0.4) is 0 Å². The maximum absolute atomic E-state index is 14.4. The molecule has 8 heteroatoms. The number of fused-ring (bicyclic) bond motifs is 1. The number of rotatable bonds is 4. The summed E-state index contributed by atoms with van der Waals surface area (Å²) in [6.45, 7) is 2.73. The fourth-order valence-corrected chi connectivity index (χ4v) is 5.79. The van der Waals surface area contributed by atoms with Crippen LogP contribution in [0.2, 0.25) is 0 Å². The van der Waals surface area contributed by atoms with E-state index in [2.05, 4.69) is 0 Å². The predicted molar refractivity (Wildman–Crippen MR) is 137 cm³/mol. The molecule has 0 bridgehead atoms. The number of carbonyl (C=O) groups is 3. The van der Waals surface area contributed by atoms with Gasteiger partial charge in [0.05, 0.1) is 23.6 Å². The van der Waals surface area contributed by atoms with Crippen LogP contribution in [0, 0.1) is 0 Å². The smallest absolute Gasteiger partial charge is 0.300 e. The topological polar surface area (TPSA) is 107 Å². The number of Topliss-reactive ketones (excluding diaryl/α,β-unsaturated/α-hetero) is 1. The van der Waals surface area contributed by atoms with Crippen LogP contribution >= 0.6 is 0 Å². The summed E-state index contributed by atoms with van der Waals surface area (Å²) in [4.78, 5) is 44.5. The monoisotopic (exact) mass is 496 g/mol. The average Bonchev–Trinajstić information content (AvgIpc) is 3.29. The highest BCUT2D eigenvalue weighted by atomic mass is 16.5. The molecule has 1 spiro atoms. The van der Waals surface area contributed by atoms with Gasteiger partial charge in [0.2, 0.25) is 0 Å². The first kappa shape index (κ1) is 22.8. The lowest BCUT2D eigenvalue weighted by Crippen LogP contribution is -2.52. The molecule has 186 valence electrons. The zero-order valence-electron chi connectivity index (χ0n) is 20.1. The van der Waals surface area contributed by atoms with Crippen LogP contribution in [0.15, 0.2) is 72.3 Å². The molecule has 1 saturated heterocycles. The number of aliphatic hydroxyl groups is 1. The van der Waals surface area contributed by atoms with Gasteiger partial charge in [-0.3, -0.25) is 19.3 Å². The third-order valence-corrected chi connectivity index (χ3v) is 7.28. The van der Waals surface area contributed by atoms with Crippen LogP contribution in [0.4, 0.5) is 11.4 Å². The van der Waals surface area contributed by atoms with Gasteiger partial charge >= 0.3 is 5.91 Å². The Morgan fingerprint density at radius 1 is 1.00 bits per heavy atom. The minimum atomic E-state index is -1.97. The van der Waals surface area contributed by atoms with Gasteiger partial charge in [0, 0.05) is 17.7 Å². The number of amides is 2. The molecule has 1 unspecified atom stereocenters. The number of hydrogen-bond donors (Lipinski definition) is 2. The molecule has 6 rings (SSSR count). The highest BCUT2D eigenvalue weighted by molar-refractivity contribution is 6.55. The highest BCUT2D eigenvalue weighted by Crippen LogP contribution is 2.57. The second-order valence-electron chi connectivity index (χ2n) is 9.22. The number of aliphatic hydroxyl groups excluding tert-OH is 1. The number of aromatic hydroxyl groups is 1. The highest BCUT2D eigenvalue weighted by Gasteiger charge is 2.68. The Hall–Kier alpha value is -4.59. The van der Waals surface area contributed by atoms with E-state index in [-0.39, 0.29) is 22.6 Å². The summed E-state index contributed by atoms with van der Waals surface area (Å²) in [7, 11) is 0.